The summed E-state index contributed by atoms with van der Waals surface area (Å²) >= 11 is 3.14. The minimum Gasteiger partial charge on any atom is -0.399 e. The molecule has 0 spiro atoms. The highest BCUT2D eigenvalue weighted by molar-refractivity contribution is 9.10. The molecule has 9 heteroatoms. The second-order valence-electron chi connectivity index (χ2n) is 4.19. The molecule has 112 valence electrons. The van der Waals surface area contributed by atoms with Crippen molar-refractivity contribution < 1.29 is 17.2 Å². The van der Waals surface area contributed by atoms with Crippen LogP contribution >= 0.6 is 15.9 Å². The number of anilines is 2. The van der Waals surface area contributed by atoms with Crippen LogP contribution in [-0.2, 0) is 10.0 Å². The second kappa shape index (κ2) is 5.57. The molecular weight excluding hydrogens is 368 g/mol. The van der Waals surface area contributed by atoms with Gasteiger partial charge in [0.15, 0.2) is 11.6 Å². The van der Waals surface area contributed by atoms with Crippen LogP contribution in [-0.4, -0.2) is 13.4 Å². The Balaban J connectivity index is 2.48. The Morgan fingerprint density at radius 2 is 1.95 bits per heavy atom. The molecule has 0 amide bonds. The van der Waals surface area contributed by atoms with Crippen molar-refractivity contribution in [1.29, 1.82) is 0 Å². The summed E-state index contributed by atoms with van der Waals surface area (Å²) in [5, 5.41) is 0. The Labute approximate surface area is 128 Å². The number of rotatable bonds is 3. The normalized spacial score (nSPS) is 11.4. The van der Waals surface area contributed by atoms with Gasteiger partial charge in [-0.2, -0.15) is 0 Å². The van der Waals surface area contributed by atoms with Gasteiger partial charge in [0.25, 0.3) is 10.0 Å². The zero-order valence-electron chi connectivity index (χ0n) is 10.7. The van der Waals surface area contributed by atoms with Gasteiger partial charge in [-0.3, -0.25) is 4.72 Å². The van der Waals surface area contributed by atoms with Crippen LogP contribution in [0.5, 0.6) is 0 Å². The summed E-state index contributed by atoms with van der Waals surface area (Å²) in [6, 6.07) is 4.52. The first-order valence-corrected chi connectivity index (χ1v) is 7.89. The topological polar surface area (TPSA) is 85.1 Å². The molecular formula is C12H10BrF2N3O2S. The number of nitrogens with two attached hydrogens (primary N) is 1. The molecule has 0 aliphatic rings. The number of aryl methyl sites for hydroxylation is 1. The lowest BCUT2D eigenvalue weighted by Gasteiger charge is -2.11. The van der Waals surface area contributed by atoms with Crippen molar-refractivity contribution in [3.63, 3.8) is 0 Å². The molecule has 0 aliphatic carbocycles. The molecule has 1 heterocycles. The third kappa shape index (κ3) is 3.30. The average molecular weight is 378 g/mol. The molecule has 1 aromatic carbocycles. The zero-order chi connectivity index (χ0) is 15.8. The molecule has 2 rings (SSSR count). The van der Waals surface area contributed by atoms with Gasteiger partial charge in [-0.25, -0.2) is 22.2 Å². The zero-order valence-corrected chi connectivity index (χ0v) is 13.1. The highest BCUT2D eigenvalue weighted by Crippen LogP contribution is 2.25. The SMILES string of the molecule is Cc1nc(Br)ccc1NS(=O)(=O)c1cc(N)cc(F)c1F. The molecule has 2 aromatic rings. The molecule has 0 aliphatic heterocycles. The van der Waals surface area contributed by atoms with E-state index in [1.54, 1.807) is 6.92 Å². The standard InChI is InChI=1S/C12H10BrF2N3O2S/c1-6-9(2-3-11(13)17-6)18-21(19,20)10-5-7(16)4-8(14)12(10)15/h2-5,18H,16H2,1H3. The first-order valence-electron chi connectivity index (χ1n) is 5.61. The van der Waals surface area contributed by atoms with Crippen molar-refractivity contribution in [2.45, 2.75) is 11.8 Å². The van der Waals surface area contributed by atoms with E-state index < -0.39 is 26.6 Å². The monoisotopic (exact) mass is 377 g/mol. The number of halogens is 3. The second-order valence-corrected chi connectivity index (χ2v) is 6.65. The van der Waals surface area contributed by atoms with Gasteiger partial charge < -0.3 is 5.73 Å². The maximum Gasteiger partial charge on any atom is 0.265 e. The number of sulfonamides is 1. The lowest BCUT2D eigenvalue weighted by atomic mass is 10.3. The van der Waals surface area contributed by atoms with Gasteiger partial charge in [0.05, 0.1) is 11.4 Å². The molecule has 5 nitrogen and oxygen atoms in total. The number of pyridine rings is 1. The first-order chi connectivity index (χ1) is 9.70. The Kier molecular flexibility index (Phi) is 4.15. The highest BCUT2D eigenvalue weighted by Gasteiger charge is 2.23. The van der Waals surface area contributed by atoms with Crippen LogP contribution in [0.1, 0.15) is 5.69 Å². The summed E-state index contributed by atoms with van der Waals surface area (Å²) in [5.74, 6) is -2.82. The van der Waals surface area contributed by atoms with E-state index in [0.717, 1.165) is 6.07 Å². The number of nitrogens with one attached hydrogen (secondary N) is 1. The van der Waals surface area contributed by atoms with Gasteiger partial charge in [0, 0.05) is 5.69 Å². The Bertz CT molecular complexity index is 812. The van der Waals surface area contributed by atoms with E-state index in [-0.39, 0.29) is 11.4 Å². The van der Waals surface area contributed by atoms with Crippen molar-refractivity contribution >= 4 is 37.3 Å². The van der Waals surface area contributed by atoms with E-state index in [1.807, 2.05) is 0 Å². The predicted octanol–water partition coefficient (Wildman–Crippen LogP) is 2.81. The number of aromatic nitrogens is 1. The summed E-state index contributed by atoms with van der Waals surface area (Å²) in [5.41, 5.74) is 5.68. The summed E-state index contributed by atoms with van der Waals surface area (Å²) in [6.45, 7) is 1.57. The van der Waals surface area contributed by atoms with Gasteiger partial charge in [0.2, 0.25) is 0 Å². The summed E-state index contributed by atoms with van der Waals surface area (Å²) in [4.78, 5) is 3.15. The predicted molar refractivity (Wildman–Crippen MR) is 78.3 cm³/mol. The van der Waals surface area contributed by atoms with Crippen LogP contribution in [0.25, 0.3) is 0 Å². The van der Waals surface area contributed by atoms with E-state index in [0.29, 0.717) is 16.4 Å². The van der Waals surface area contributed by atoms with Crippen molar-refractivity contribution in [3.05, 3.63) is 46.2 Å². The summed E-state index contributed by atoms with van der Waals surface area (Å²) in [6.07, 6.45) is 0. The van der Waals surface area contributed by atoms with E-state index in [4.69, 9.17) is 5.73 Å². The maximum atomic E-state index is 13.7. The lowest BCUT2D eigenvalue weighted by Crippen LogP contribution is -2.16. The van der Waals surface area contributed by atoms with Crippen molar-refractivity contribution in [2.24, 2.45) is 0 Å². The fourth-order valence-electron chi connectivity index (χ4n) is 1.62. The van der Waals surface area contributed by atoms with Gasteiger partial charge >= 0.3 is 0 Å². The number of benzene rings is 1. The third-order valence-electron chi connectivity index (χ3n) is 2.60. The molecule has 0 saturated carbocycles. The number of nitrogens with zero attached hydrogens (tertiary/aromatic N) is 1. The maximum absolute atomic E-state index is 13.7. The Hall–Kier alpha value is -1.74. The van der Waals surface area contributed by atoms with Gasteiger partial charge in [0.1, 0.15) is 9.50 Å². The van der Waals surface area contributed by atoms with Gasteiger partial charge in [-0.15, -0.1) is 0 Å². The third-order valence-corrected chi connectivity index (χ3v) is 4.41. The van der Waals surface area contributed by atoms with Crippen LogP contribution in [0.2, 0.25) is 0 Å². The molecule has 21 heavy (non-hydrogen) atoms. The van der Waals surface area contributed by atoms with Crippen LogP contribution < -0.4 is 10.5 Å². The number of hydrogen-bond acceptors (Lipinski definition) is 4. The average Bonchev–Trinajstić information content (AvgIpc) is 2.37. The van der Waals surface area contributed by atoms with E-state index >= 15 is 0 Å². The Morgan fingerprint density at radius 3 is 2.57 bits per heavy atom. The highest BCUT2D eigenvalue weighted by atomic mass is 79.9. The largest absolute Gasteiger partial charge is 0.399 e. The van der Waals surface area contributed by atoms with E-state index in [9.17, 15) is 17.2 Å². The fourth-order valence-corrected chi connectivity index (χ4v) is 3.26. The number of hydrogen-bond donors (Lipinski definition) is 2. The van der Waals surface area contributed by atoms with Gasteiger partial charge in [-0.05, 0) is 47.1 Å². The Morgan fingerprint density at radius 1 is 1.29 bits per heavy atom. The molecule has 0 unspecified atom stereocenters. The molecule has 0 fully saturated rings. The quantitative estimate of drug-likeness (QED) is 0.636. The number of nitrogen functional groups attached to an aromatic ring is 1. The van der Waals surface area contributed by atoms with Crippen LogP contribution in [0.3, 0.4) is 0 Å². The smallest absolute Gasteiger partial charge is 0.265 e. The molecule has 0 radical (unpaired) electrons. The van der Waals surface area contributed by atoms with E-state index in [2.05, 4.69) is 25.6 Å². The summed E-state index contributed by atoms with van der Waals surface area (Å²) < 4.78 is 53.9. The van der Waals surface area contributed by atoms with E-state index in [1.165, 1.54) is 12.1 Å². The van der Waals surface area contributed by atoms with Crippen molar-refractivity contribution in [2.75, 3.05) is 10.5 Å². The van der Waals surface area contributed by atoms with Crippen LogP contribution in [0.15, 0.2) is 33.8 Å². The van der Waals surface area contributed by atoms with Crippen LogP contribution in [0, 0.1) is 18.6 Å². The van der Waals surface area contributed by atoms with Crippen LogP contribution in [0.4, 0.5) is 20.2 Å². The lowest BCUT2D eigenvalue weighted by molar-refractivity contribution is 0.486. The molecule has 1 aromatic heterocycles. The van der Waals surface area contributed by atoms with Crippen molar-refractivity contribution in [1.82, 2.24) is 4.98 Å². The summed E-state index contributed by atoms with van der Waals surface area (Å²) in [7, 11) is -4.32. The van der Waals surface area contributed by atoms with Crippen molar-refractivity contribution in [3.8, 4) is 0 Å². The van der Waals surface area contributed by atoms with Gasteiger partial charge in [-0.1, -0.05) is 0 Å². The molecule has 0 atom stereocenters. The minimum atomic E-state index is -4.32. The molecule has 3 N–H and O–H groups in total. The fraction of sp³-hybridized carbons (Fsp3) is 0.0833. The molecule has 0 bridgehead atoms. The molecule has 0 saturated heterocycles. The minimum absolute atomic E-state index is 0.153. The first kappa shape index (κ1) is 15.6.